The van der Waals surface area contributed by atoms with E-state index in [4.69, 9.17) is 5.73 Å². The van der Waals surface area contributed by atoms with Crippen molar-refractivity contribution in [3.8, 4) is 0 Å². The Hall–Kier alpha value is -3.48. The van der Waals surface area contributed by atoms with Crippen LogP contribution < -0.4 is 11.1 Å². The fourth-order valence-corrected chi connectivity index (χ4v) is 3.83. The van der Waals surface area contributed by atoms with Crippen LogP contribution in [0, 0.1) is 0 Å². The standard InChI is InChI=1S/C16H17N5O7S/c1-27-15(26)6-3-4-8-10(13(23)21(8)11(6)14(24)25)19-12(22)9(20-28-2)7-5-29-16(17)18-7/h5,8,10H,3-4H2,1-2H3,(H2,17,18)(H,19,22)(H,24,25)/t8-,10-/m0/s1. The second-order valence-electron chi connectivity index (χ2n) is 6.08. The van der Waals surface area contributed by atoms with Crippen molar-refractivity contribution >= 4 is 45.9 Å². The van der Waals surface area contributed by atoms with Crippen molar-refractivity contribution in [2.45, 2.75) is 24.9 Å². The van der Waals surface area contributed by atoms with Gasteiger partial charge in [0.05, 0.1) is 18.7 Å². The van der Waals surface area contributed by atoms with Crippen molar-refractivity contribution in [2.75, 3.05) is 20.0 Å². The van der Waals surface area contributed by atoms with Gasteiger partial charge in [0.1, 0.15) is 24.5 Å². The zero-order chi connectivity index (χ0) is 21.3. The van der Waals surface area contributed by atoms with Gasteiger partial charge in [0, 0.05) is 5.38 Å². The Morgan fingerprint density at radius 1 is 1.41 bits per heavy atom. The maximum Gasteiger partial charge on any atom is 0.353 e. The lowest BCUT2D eigenvalue weighted by atomic mass is 9.83. The zero-order valence-electron chi connectivity index (χ0n) is 15.4. The van der Waals surface area contributed by atoms with E-state index in [0.29, 0.717) is 0 Å². The Balaban J connectivity index is 1.82. The first kappa shape index (κ1) is 20.3. The van der Waals surface area contributed by atoms with Crippen LogP contribution in [0.2, 0.25) is 0 Å². The van der Waals surface area contributed by atoms with Gasteiger partial charge in [-0.15, -0.1) is 11.3 Å². The van der Waals surface area contributed by atoms with E-state index in [2.05, 4.69) is 25.0 Å². The summed E-state index contributed by atoms with van der Waals surface area (Å²) in [4.78, 5) is 58.3. The summed E-state index contributed by atoms with van der Waals surface area (Å²) in [5.74, 6) is -3.62. The van der Waals surface area contributed by atoms with Crippen LogP contribution in [0.1, 0.15) is 18.5 Å². The smallest absolute Gasteiger partial charge is 0.353 e. The molecule has 1 saturated heterocycles. The lowest BCUT2D eigenvalue weighted by Gasteiger charge is -2.49. The molecule has 2 aliphatic heterocycles. The number of anilines is 1. The van der Waals surface area contributed by atoms with Gasteiger partial charge in [-0.05, 0) is 12.8 Å². The molecule has 3 rings (SSSR count). The van der Waals surface area contributed by atoms with Crippen molar-refractivity contribution in [1.82, 2.24) is 15.2 Å². The topological polar surface area (TPSA) is 174 Å². The number of β-lactam (4-membered cyclic amide) rings is 1. The molecule has 1 aromatic rings. The molecule has 0 aliphatic carbocycles. The van der Waals surface area contributed by atoms with E-state index in [-0.39, 0.29) is 35.0 Å². The van der Waals surface area contributed by atoms with E-state index < -0.39 is 41.5 Å². The van der Waals surface area contributed by atoms with Crippen molar-refractivity contribution < 1.29 is 33.9 Å². The third kappa shape index (κ3) is 3.51. The number of nitrogens with one attached hydrogen (secondary N) is 1. The lowest BCUT2D eigenvalue weighted by Crippen LogP contribution is -2.72. The molecule has 0 radical (unpaired) electrons. The summed E-state index contributed by atoms with van der Waals surface area (Å²) in [6.45, 7) is 0. The number of carbonyl (C=O) groups excluding carboxylic acids is 3. The molecular formula is C16H17N5O7S. The summed E-state index contributed by atoms with van der Waals surface area (Å²) in [7, 11) is 2.38. The number of nitrogen functional groups attached to an aromatic ring is 1. The van der Waals surface area contributed by atoms with Crippen LogP contribution >= 0.6 is 11.3 Å². The van der Waals surface area contributed by atoms with Gasteiger partial charge in [-0.2, -0.15) is 0 Å². The summed E-state index contributed by atoms with van der Waals surface area (Å²) in [6, 6.07) is -1.59. The van der Waals surface area contributed by atoms with Gasteiger partial charge >= 0.3 is 11.9 Å². The van der Waals surface area contributed by atoms with Crippen LogP contribution in [0.3, 0.4) is 0 Å². The average molecular weight is 423 g/mol. The number of fused-ring (bicyclic) bond motifs is 1. The molecule has 3 heterocycles. The number of methoxy groups -OCH3 is 1. The van der Waals surface area contributed by atoms with Crippen LogP contribution in [0.15, 0.2) is 21.8 Å². The molecule has 0 saturated carbocycles. The minimum absolute atomic E-state index is 0.0889. The number of aromatic nitrogens is 1. The molecule has 2 aliphatic rings. The van der Waals surface area contributed by atoms with Crippen LogP contribution in [-0.4, -0.2) is 70.8 Å². The largest absolute Gasteiger partial charge is 0.477 e. The van der Waals surface area contributed by atoms with Crippen molar-refractivity contribution in [3.63, 3.8) is 0 Å². The normalized spacial score (nSPS) is 21.2. The molecule has 29 heavy (non-hydrogen) atoms. The van der Waals surface area contributed by atoms with Crippen LogP contribution in [-0.2, 0) is 28.8 Å². The number of carboxylic acid groups (broad SMARTS) is 1. The summed E-state index contributed by atoms with van der Waals surface area (Å²) >= 11 is 1.10. The summed E-state index contributed by atoms with van der Waals surface area (Å²) in [6.07, 6.45) is 0.370. The van der Waals surface area contributed by atoms with E-state index >= 15 is 0 Å². The monoisotopic (exact) mass is 423 g/mol. The third-order valence-electron chi connectivity index (χ3n) is 4.52. The number of esters is 1. The quantitative estimate of drug-likeness (QED) is 0.226. The van der Waals surface area contributed by atoms with Gasteiger partial charge in [0.15, 0.2) is 10.8 Å². The number of hydrogen-bond donors (Lipinski definition) is 3. The molecular weight excluding hydrogens is 406 g/mol. The number of amides is 2. The number of nitrogens with two attached hydrogens (primary N) is 1. The number of thiazole rings is 1. The highest BCUT2D eigenvalue weighted by atomic mass is 32.1. The molecule has 0 spiro atoms. The molecule has 12 nitrogen and oxygen atoms in total. The Labute approximate surface area is 168 Å². The number of ether oxygens (including phenoxy) is 1. The van der Waals surface area contributed by atoms with Crippen LogP contribution in [0.5, 0.6) is 0 Å². The van der Waals surface area contributed by atoms with Crippen LogP contribution in [0.4, 0.5) is 5.13 Å². The van der Waals surface area contributed by atoms with E-state index in [1.165, 1.54) is 12.5 Å². The third-order valence-corrected chi connectivity index (χ3v) is 5.19. The molecule has 0 bridgehead atoms. The fraction of sp³-hybridized carbons (Fsp3) is 0.375. The number of nitrogens with zero attached hydrogens (tertiary/aromatic N) is 3. The summed E-state index contributed by atoms with van der Waals surface area (Å²) in [5, 5.41) is 17.4. The molecule has 1 aromatic heterocycles. The first-order chi connectivity index (χ1) is 13.8. The summed E-state index contributed by atoms with van der Waals surface area (Å²) < 4.78 is 4.60. The van der Waals surface area contributed by atoms with Gasteiger partial charge in [-0.25, -0.2) is 14.6 Å². The van der Waals surface area contributed by atoms with Gasteiger partial charge in [-0.1, -0.05) is 5.16 Å². The van der Waals surface area contributed by atoms with Crippen molar-refractivity contribution in [1.29, 1.82) is 0 Å². The van der Waals surface area contributed by atoms with Gasteiger partial charge < -0.3 is 25.7 Å². The predicted octanol–water partition coefficient (Wildman–Crippen LogP) is -0.923. The molecule has 13 heteroatoms. The number of aliphatic carboxylic acids is 1. The van der Waals surface area contributed by atoms with Gasteiger partial charge in [0.25, 0.3) is 11.8 Å². The van der Waals surface area contributed by atoms with Gasteiger partial charge in [0.2, 0.25) is 0 Å². The number of oxime groups is 1. The van der Waals surface area contributed by atoms with Crippen molar-refractivity contribution in [3.05, 3.63) is 22.3 Å². The maximum absolute atomic E-state index is 12.6. The Morgan fingerprint density at radius 3 is 2.69 bits per heavy atom. The van der Waals surface area contributed by atoms with E-state index in [1.54, 1.807) is 0 Å². The van der Waals surface area contributed by atoms with Crippen LogP contribution in [0.25, 0.3) is 0 Å². The van der Waals surface area contributed by atoms with Crippen molar-refractivity contribution in [2.24, 2.45) is 5.16 Å². The molecule has 0 aromatic carbocycles. The van der Waals surface area contributed by atoms with E-state index in [9.17, 15) is 24.3 Å². The molecule has 4 N–H and O–H groups in total. The number of rotatable bonds is 6. The highest BCUT2D eigenvalue weighted by Crippen LogP contribution is 2.37. The molecule has 0 unspecified atom stereocenters. The minimum atomic E-state index is -1.42. The fourth-order valence-electron chi connectivity index (χ4n) is 3.29. The maximum atomic E-state index is 12.6. The lowest BCUT2D eigenvalue weighted by molar-refractivity contribution is -0.156. The summed E-state index contributed by atoms with van der Waals surface area (Å²) in [5.41, 5.74) is 5.06. The first-order valence-electron chi connectivity index (χ1n) is 8.31. The molecule has 154 valence electrons. The Kier molecular flexibility index (Phi) is 5.50. The second kappa shape index (κ2) is 7.87. The Morgan fingerprint density at radius 2 is 2.14 bits per heavy atom. The van der Waals surface area contributed by atoms with Gasteiger partial charge in [-0.3, -0.25) is 14.5 Å². The molecule has 1 fully saturated rings. The minimum Gasteiger partial charge on any atom is -0.477 e. The average Bonchev–Trinajstić information content (AvgIpc) is 3.13. The first-order valence-corrected chi connectivity index (χ1v) is 9.19. The molecule has 2 amide bonds. The Bertz CT molecular complexity index is 953. The number of carbonyl (C=O) groups is 4. The predicted molar refractivity (Wildman–Crippen MR) is 98.5 cm³/mol. The highest BCUT2D eigenvalue weighted by Gasteiger charge is 2.54. The number of carboxylic acids is 1. The van der Waals surface area contributed by atoms with E-state index in [1.807, 2.05) is 0 Å². The highest BCUT2D eigenvalue weighted by molar-refractivity contribution is 7.13. The SMILES string of the molecule is CON=C(C(=O)N[C@@H]1C(=O)N2C(C(=O)O)=C(C(=O)OC)CC[C@@H]12)c1csc(N)n1. The zero-order valence-corrected chi connectivity index (χ0v) is 16.2. The number of hydrogen-bond acceptors (Lipinski definition) is 10. The molecule has 2 atom stereocenters. The van der Waals surface area contributed by atoms with E-state index in [0.717, 1.165) is 23.3 Å². The second-order valence-corrected chi connectivity index (χ2v) is 6.97.